The first-order valence-electron chi connectivity index (χ1n) is 7.89. The van der Waals surface area contributed by atoms with E-state index in [2.05, 4.69) is 0 Å². The summed E-state index contributed by atoms with van der Waals surface area (Å²) in [6.45, 7) is 0. The maximum atomic E-state index is 13.0. The lowest BCUT2D eigenvalue weighted by molar-refractivity contribution is 0.416. The molecule has 0 amide bonds. The van der Waals surface area contributed by atoms with Crippen LogP contribution >= 0.6 is 46.4 Å². The highest BCUT2D eigenvalue weighted by atomic mass is 35.5. The molecular formula is C19H12Cl4O5S. The Morgan fingerprint density at radius 2 is 1.38 bits per heavy atom. The zero-order chi connectivity index (χ0) is 21.6. The molecule has 152 valence electrons. The highest BCUT2D eigenvalue weighted by Gasteiger charge is 2.53. The molecule has 0 spiro atoms. The first kappa shape index (κ1) is 22.0. The summed E-state index contributed by atoms with van der Waals surface area (Å²) in [6.07, 6.45) is 0. The Morgan fingerprint density at radius 1 is 0.793 bits per heavy atom. The third kappa shape index (κ3) is 3.65. The zero-order valence-electron chi connectivity index (χ0n) is 14.3. The largest absolute Gasteiger partial charge is 0.507 e. The molecule has 3 N–H and O–H groups in total. The molecule has 1 unspecified atom stereocenters. The number of halogens is 4. The van der Waals surface area contributed by atoms with Gasteiger partial charge in [-0.05, 0) is 42.0 Å². The predicted octanol–water partition coefficient (Wildman–Crippen LogP) is 5.89. The molecule has 0 heterocycles. The lowest BCUT2D eigenvalue weighted by Gasteiger charge is -2.34. The van der Waals surface area contributed by atoms with Gasteiger partial charge in [-0.2, -0.15) is 8.42 Å². The van der Waals surface area contributed by atoms with Gasteiger partial charge in [0.1, 0.15) is 11.5 Å². The van der Waals surface area contributed by atoms with E-state index < -0.39 is 31.9 Å². The molecule has 0 fully saturated rings. The van der Waals surface area contributed by atoms with Crippen LogP contribution in [0.4, 0.5) is 0 Å². The van der Waals surface area contributed by atoms with Crippen LogP contribution in [-0.4, -0.2) is 23.2 Å². The van der Waals surface area contributed by atoms with E-state index in [0.717, 1.165) is 6.07 Å². The van der Waals surface area contributed by atoms with Crippen LogP contribution in [0.1, 0.15) is 16.7 Å². The van der Waals surface area contributed by atoms with Gasteiger partial charge < -0.3 is 10.2 Å². The number of benzene rings is 3. The van der Waals surface area contributed by atoms with E-state index in [4.69, 9.17) is 46.4 Å². The van der Waals surface area contributed by atoms with Gasteiger partial charge in [-0.1, -0.05) is 64.6 Å². The van der Waals surface area contributed by atoms with Gasteiger partial charge >= 0.3 is 0 Å². The number of hydrogen-bond donors (Lipinski definition) is 3. The van der Waals surface area contributed by atoms with E-state index in [0.29, 0.717) is 0 Å². The first-order chi connectivity index (χ1) is 13.5. The minimum absolute atomic E-state index is 0.0496. The van der Waals surface area contributed by atoms with Gasteiger partial charge in [0.05, 0.1) is 10.6 Å². The number of rotatable bonds is 4. The van der Waals surface area contributed by atoms with Gasteiger partial charge in [0.2, 0.25) is 0 Å². The molecular weight excluding hydrogens is 482 g/mol. The van der Waals surface area contributed by atoms with E-state index in [-0.39, 0.29) is 31.2 Å². The minimum atomic E-state index is -5.18. The van der Waals surface area contributed by atoms with E-state index in [1.165, 1.54) is 42.5 Å². The maximum absolute atomic E-state index is 13.0. The number of hydrogen-bond acceptors (Lipinski definition) is 4. The van der Waals surface area contributed by atoms with Crippen molar-refractivity contribution in [1.29, 1.82) is 0 Å². The number of phenols is 2. The van der Waals surface area contributed by atoms with Crippen LogP contribution in [0.15, 0.2) is 54.6 Å². The maximum Gasteiger partial charge on any atom is 0.283 e. The fraction of sp³-hybridized carbons (Fsp3) is 0.0526. The molecule has 10 heteroatoms. The van der Waals surface area contributed by atoms with Crippen LogP contribution in [0.2, 0.25) is 20.1 Å². The van der Waals surface area contributed by atoms with Crippen molar-refractivity contribution in [2.24, 2.45) is 0 Å². The van der Waals surface area contributed by atoms with Crippen LogP contribution in [0.5, 0.6) is 11.5 Å². The Morgan fingerprint density at radius 3 is 1.93 bits per heavy atom. The summed E-state index contributed by atoms with van der Waals surface area (Å²) < 4.78 is 33.9. The van der Waals surface area contributed by atoms with Gasteiger partial charge in [-0.15, -0.1) is 0 Å². The molecule has 0 aliphatic rings. The number of phenolic OH excluding ortho intramolecular Hbond substituents is 2. The quantitative estimate of drug-likeness (QED) is 0.311. The second kappa shape index (κ2) is 7.87. The Bertz CT molecular complexity index is 1190. The minimum Gasteiger partial charge on any atom is -0.507 e. The molecule has 3 rings (SSSR count). The van der Waals surface area contributed by atoms with Crippen LogP contribution < -0.4 is 0 Å². The Balaban J connectivity index is 2.68. The fourth-order valence-electron chi connectivity index (χ4n) is 3.26. The second-order valence-electron chi connectivity index (χ2n) is 6.08. The monoisotopic (exact) mass is 492 g/mol. The van der Waals surface area contributed by atoms with Crippen molar-refractivity contribution in [3.63, 3.8) is 0 Å². The average Bonchev–Trinajstić information content (AvgIpc) is 2.61. The lowest BCUT2D eigenvalue weighted by Crippen LogP contribution is -2.38. The van der Waals surface area contributed by atoms with Crippen LogP contribution in [0.25, 0.3) is 0 Å². The second-order valence-corrected chi connectivity index (χ2v) is 9.33. The van der Waals surface area contributed by atoms with Gasteiger partial charge in [0.25, 0.3) is 10.1 Å². The molecule has 29 heavy (non-hydrogen) atoms. The standard InChI is InChI=1S/C19H12Cl4O5S/c20-11-7-10(8-12(21)9-11)19(29(26,27)28,13-3-1-2-4-14(13)22)17-16(24)6-5-15(23)18(17)25/h1-9,24-25H,(H,26,27,28). The molecule has 0 bridgehead atoms. The molecule has 0 aliphatic carbocycles. The van der Waals surface area contributed by atoms with Crippen molar-refractivity contribution in [3.8, 4) is 11.5 Å². The van der Waals surface area contributed by atoms with Crippen LogP contribution in [-0.2, 0) is 14.9 Å². The Hall–Kier alpha value is -1.67. The summed E-state index contributed by atoms with van der Waals surface area (Å²) in [5.74, 6) is -1.42. The molecule has 3 aromatic carbocycles. The van der Waals surface area contributed by atoms with Crippen LogP contribution in [0, 0.1) is 0 Å². The highest BCUT2D eigenvalue weighted by molar-refractivity contribution is 7.87. The molecule has 0 aliphatic heterocycles. The summed E-state index contributed by atoms with van der Waals surface area (Å²) in [5.41, 5.74) is -0.923. The van der Waals surface area contributed by atoms with E-state index in [9.17, 15) is 23.2 Å². The summed E-state index contributed by atoms with van der Waals surface area (Å²) in [4.78, 5) is 0. The van der Waals surface area contributed by atoms with Crippen molar-refractivity contribution in [3.05, 3.63) is 91.4 Å². The molecule has 0 aromatic heterocycles. The van der Waals surface area contributed by atoms with Crippen molar-refractivity contribution in [1.82, 2.24) is 0 Å². The molecule has 3 aromatic rings. The molecule has 0 saturated carbocycles. The van der Waals surface area contributed by atoms with E-state index in [1.54, 1.807) is 6.07 Å². The molecule has 5 nitrogen and oxygen atoms in total. The summed E-state index contributed by atoms with van der Waals surface area (Å²) in [5, 5.41) is 21.0. The van der Waals surface area contributed by atoms with Crippen molar-refractivity contribution >= 4 is 56.5 Å². The van der Waals surface area contributed by atoms with Crippen LogP contribution in [0.3, 0.4) is 0 Å². The summed E-state index contributed by atoms with van der Waals surface area (Å²) >= 11 is 24.5. The fourth-order valence-corrected chi connectivity index (χ4v) is 5.61. The van der Waals surface area contributed by atoms with Crippen molar-refractivity contribution in [2.75, 3.05) is 0 Å². The first-order valence-corrected chi connectivity index (χ1v) is 10.8. The van der Waals surface area contributed by atoms with E-state index in [1.807, 2.05) is 0 Å². The molecule has 0 radical (unpaired) electrons. The van der Waals surface area contributed by atoms with Crippen molar-refractivity contribution in [2.45, 2.75) is 4.75 Å². The van der Waals surface area contributed by atoms with E-state index >= 15 is 0 Å². The predicted molar refractivity (Wildman–Crippen MR) is 114 cm³/mol. The third-order valence-electron chi connectivity index (χ3n) is 4.37. The molecule has 1 atom stereocenters. The summed E-state index contributed by atoms with van der Waals surface area (Å²) in [7, 11) is -5.18. The summed E-state index contributed by atoms with van der Waals surface area (Å²) in [6, 6.07) is 11.8. The lowest BCUT2D eigenvalue weighted by atomic mass is 9.82. The van der Waals surface area contributed by atoms with Gasteiger partial charge in [0.15, 0.2) is 4.75 Å². The topological polar surface area (TPSA) is 94.8 Å². The normalized spacial score (nSPS) is 13.8. The smallest absolute Gasteiger partial charge is 0.283 e. The number of aromatic hydroxyl groups is 2. The molecule has 0 saturated heterocycles. The Labute approximate surface area is 186 Å². The van der Waals surface area contributed by atoms with Gasteiger partial charge in [-0.3, -0.25) is 4.55 Å². The SMILES string of the molecule is O=S(=O)(O)C(c1cc(Cl)cc(Cl)c1)(c1ccccc1Cl)c1c(O)ccc(Cl)c1O. The average molecular weight is 494 g/mol. The zero-order valence-corrected chi connectivity index (χ0v) is 18.1. The third-order valence-corrected chi connectivity index (χ3v) is 6.87. The van der Waals surface area contributed by atoms with Gasteiger partial charge in [-0.25, -0.2) is 0 Å². The Kier molecular flexibility index (Phi) is 5.98. The van der Waals surface area contributed by atoms with Gasteiger partial charge in [0, 0.05) is 20.6 Å². The van der Waals surface area contributed by atoms with Crippen molar-refractivity contribution < 1.29 is 23.2 Å². The highest BCUT2D eigenvalue weighted by Crippen LogP contribution is 2.54.